The van der Waals surface area contributed by atoms with Crippen LogP contribution < -0.4 is 19.5 Å². The van der Waals surface area contributed by atoms with Crippen LogP contribution >= 0.6 is 0 Å². The average molecular weight is 282 g/mol. The molecular formula is C15H26N2O3. The quantitative estimate of drug-likeness (QED) is 0.699. The first-order valence-electron chi connectivity index (χ1n) is 6.78. The van der Waals surface area contributed by atoms with Gasteiger partial charge in [0, 0.05) is 12.1 Å². The van der Waals surface area contributed by atoms with E-state index < -0.39 is 0 Å². The van der Waals surface area contributed by atoms with E-state index in [2.05, 4.69) is 17.3 Å². The van der Waals surface area contributed by atoms with Gasteiger partial charge in [-0.1, -0.05) is 6.07 Å². The number of hydrogen-bond donors (Lipinski definition) is 1. The second-order valence-electron chi connectivity index (χ2n) is 4.69. The molecule has 5 heteroatoms. The van der Waals surface area contributed by atoms with Crippen LogP contribution in [-0.4, -0.2) is 53.4 Å². The summed E-state index contributed by atoms with van der Waals surface area (Å²) in [5.74, 6) is 2.08. The fourth-order valence-corrected chi connectivity index (χ4v) is 2.18. The minimum Gasteiger partial charge on any atom is -0.493 e. The van der Waals surface area contributed by atoms with Crippen molar-refractivity contribution >= 4 is 0 Å². The third-order valence-electron chi connectivity index (χ3n) is 3.19. The van der Waals surface area contributed by atoms with Crippen LogP contribution in [0.5, 0.6) is 17.2 Å². The second kappa shape index (κ2) is 8.66. The van der Waals surface area contributed by atoms with E-state index >= 15 is 0 Å². The fraction of sp³-hybridized carbons (Fsp3) is 0.600. The molecule has 0 aliphatic rings. The highest BCUT2D eigenvalue weighted by Gasteiger charge is 2.16. The van der Waals surface area contributed by atoms with Crippen LogP contribution in [-0.2, 0) is 6.54 Å². The van der Waals surface area contributed by atoms with Gasteiger partial charge in [-0.15, -0.1) is 0 Å². The largest absolute Gasteiger partial charge is 0.493 e. The molecule has 0 bridgehead atoms. The molecule has 0 unspecified atom stereocenters. The summed E-state index contributed by atoms with van der Waals surface area (Å²) in [6.45, 7) is 2.86. The molecule has 0 amide bonds. The Morgan fingerprint density at radius 1 is 1.05 bits per heavy atom. The number of nitrogens with one attached hydrogen (secondary N) is 1. The number of nitrogens with zero attached hydrogens (tertiary/aromatic N) is 1. The van der Waals surface area contributed by atoms with Gasteiger partial charge in [-0.05, 0) is 39.7 Å². The summed E-state index contributed by atoms with van der Waals surface area (Å²) in [7, 11) is 8.98. The Morgan fingerprint density at radius 2 is 1.75 bits per heavy atom. The van der Waals surface area contributed by atoms with Crippen molar-refractivity contribution in [3.8, 4) is 17.2 Å². The smallest absolute Gasteiger partial charge is 0.203 e. The summed E-state index contributed by atoms with van der Waals surface area (Å²) in [4.78, 5) is 2.26. The zero-order chi connectivity index (χ0) is 15.0. The van der Waals surface area contributed by atoms with Gasteiger partial charge in [-0.3, -0.25) is 0 Å². The molecule has 0 fully saturated rings. The predicted octanol–water partition coefficient (Wildman–Crippen LogP) is 1.75. The van der Waals surface area contributed by atoms with Crippen molar-refractivity contribution in [3.05, 3.63) is 17.7 Å². The maximum atomic E-state index is 5.49. The molecule has 0 saturated carbocycles. The fourth-order valence-electron chi connectivity index (χ4n) is 2.18. The van der Waals surface area contributed by atoms with Gasteiger partial charge >= 0.3 is 0 Å². The molecule has 0 aliphatic carbocycles. The van der Waals surface area contributed by atoms with Crippen LogP contribution in [0.3, 0.4) is 0 Å². The molecule has 0 aliphatic heterocycles. The number of hydrogen-bond acceptors (Lipinski definition) is 5. The van der Waals surface area contributed by atoms with Crippen molar-refractivity contribution < 1.29 is 14.2 Å². The molecule has 5 nitrogen and oxygen atoms in total. The van der Waals surface area contributed by atoms with Crippen molar-refractivity contribution in [2.24, 2.45) is 0 Å². The Balaban J connectivity index is 2.84. The lowest BCUT2D eigenvalue weighted by Gasteiger charge is -2.20. The number of benzene rings is 1. The van der Waals surface area contributed by atoms with Gasteiger partial charge in [0.2, 0.25) is 5.75 Å². The SMILES string of the molecule is CNCCCN(C)Cc1ccc(OC)c(OC)c1OC. The summed E-state index contributed by atoms with van der Waals surface area (Å²) in [6.07, 6.45) is 1.11. The Hall–Kier alpha value is -1.46. The van der Waals surface area contributed by atoms with Crippen LogP contribution in [0.4, 0.5) is 0 Å². The Labute approximate surface area is 121 Å². The van der Waals surface area contributed by atoms with Crippen LogP contribution in [0, 0.1) is 0 Å². The van der Waals surface area contributed by atoms with Crippen molar-refractivity contribution in [2.75, 3.05) is 48.5 Å². The third kappa shape index (κ3) is 4.28. The standard InChI is InChI=1S/C15H26N2O3/c1-16-9-6-10-17(2)11-12-7-8-13(18-3)15(20-5)14(12)19-4/h7-8,16H,6,9-11H2,1-5H3. The molecule has 1 rings (SSSR count). The van der Waals surface area contributed by atoms with Gasteiger partial charge in [0.1, 0.15) is 0 Å². The molecule has 0 spiro atoms. The van der Waals surface area contributed by atoms with E-state index in [9.17, 15) is 0 Å². The summed E-state index contributed by atoms with van der Waals surface area (Å²) >= 11 is 0. The van der Waals surface area contributed by atoms with Crippen LogP contribution in [0.25, 0.3) is 0 Å². The highest BCUT2D eigenvalue weighted by Crippen LogP contribution is 2.40. The molecule has 1 aromatic rings. The Kier molecular flexibility index (Phi) is 7.18. The minimum atomic E-state index is 0.649. The highest BCUT2D eigenvalue weighted by atomic mass is 16.5. The van der Waals surface area contributed by atoms with Gasteiger partial charge in [0.05, 0.1) is 21.3 Å². The van der Waals surface area contributed by atoms with E-state index in [1.165, 1.54) is 0 Å². The Bertz CT molecular complexity index is 410. The van der Waals surface area contributed by atoms with Crippen LogP contribution in [0.15, 0.2) is 12.1 Å². The average Bonchev–Trinajstić information content (AvgIpc) is 2.46. The van der Waals surface area contributed by atoms with Crippen molar-refractivity contribution in [2.45, 2.75) is 13.0 Å². The van der Waals surface area contributed by atoms with Gasteiger partial charge in [0.15, 0.2) is 11.5 Å². The zero-order valence-electron chi connectivity index (χ0n) is 13.2. The third-order valence-corrected chi connectivity index (χ3v) is 3.19. The highest BCUT2D eigenvalue weighted by molar-refractivity contribution is 5.55. The number of methoxy groups -OCH3 is 3. The molecule has 0 heterocycles. The van der Waals surface area contributed by atoms with E-state index in [0.717, 1.165) is 37.4 Å². The molecular weight excluding hydrogens is 256 g/mol. The summed E-state index contributed by atoms with van der Waals surface area (Å²) in [5.41, 5.74) is 1.09. The summed E-state index contributed by atoms with van der Waals surface area (Å²) < 4.78 is 16.2. The maximum absolute atomic E-state index is 5.49. The maximum Gasteiger partial charge on any atom is 0.203 e. The van der Waals surface area contributed by atoms with Gasteiger partial charge < -0.3 is 24.4 Å². The first-order chi connectivity index (χ1) is 9.67. The molecule has 114 valence electrons. The minimum absolute atomic E-state index is 0.649. The Morgan fingerprint density at radius 3 is 2.30 bits per heavy atom. The van der Waals surface area contributed by atoms with E-state index in [0.29, 0.717) is 11.5 Å². The molecule has 0 radical (unpaired) electrons. The van der Waals surface area contributed by atoms with E-state index in [-0.39, 0.29) is 0 Å². The lowest BCUT2D eigenvalue weighted by Crippen LogP contribution is -2.22. The van der Waals surface area contributed by atoms with Crippen LogP contribution in [0.2, 0.25) is 0 Å². The molecule has 0 saturated heterocycles. The summed E-state index contributed by atoms with van der Waals surface area (Å²) in [6, 6.07) is 3.94. The molecule has 1 N–H and O–H groups in total. The first-order valence-corrected chi connectivity index (χ1v) is 6.78. The van der Waals surface area contributed by atoms with Crippen LogP contribution in [0.1, 0.15) is 12.0 Å². The zero-order valence-corrected chi connectivity index (χ0v) is 13.2. The molecule has 20 heavy (non-hydrogen) atoms. The molecule has 0 aromatic heterocycles. The van der Waals surface area contributed by atoms with E-state index in [4.69, 9.17) is 14.2 Å². The normalized spacial score (nSPS) is 10.7. The number of ether oxygens (including phenoxy) is 3. The van der Waals surface area contributed by atoms with Crippen molar-refractivity contribution in [3.63, 3.8) is 0 Å². The second-order valence-corrected chi connectivity index (χ2v) is 4.69. The van der Waals surface area contributed by atoms with Crippen molar-refractivity contribution in [1.82, 2.24) is 10.2 Å². The summed E-state index contributed by atoms with van der Waals surface area (Å²) in [5, 5.41) is 3.15. The lowest BCUT2D eigenvalue weighted by atomic mass is 10.1. The van der Waals surface area contributed by atoms with Gasteiger partial charge in [0.25, 0.3) is 0 Å². The van der Waals surface area contributed by atoms with E-state index in [1.807, 2.05) is 19.2 Å². The van der Waals surface area contributed by atoms with Crippen molar-refractivity contribution in [1.29, 1.82) is 0 Å². The lowest BCUT2D eigenvalue weighted by molar-refractivity contribution is 0.298. The molecule has 1 aromatic carbocycles. The topological polar surface area (TPSA) is 43.0 Å². The predicted molar refractivity (Wildman–Crippen MR) is 81.0 cm³/mol. The van der Waals surface area contributed by atoms with Gasteiger partial charge in [-0.2, -0.15) is 0 Å². The first kappa shape index (κ1) is 16.6. The van der Waals surface area contributed by atoms with Gasteiger partial charge in [-0.25, -0.2) is 0 Å². The molecule has 0 atom stereocenters. The van der Waals surface area contributed by atoms with E-state index in [1.54, 1.807) is 21.3 Å². The monoisotopic (exact) mass is 282 g/mol. The number of rotatable bonds is 9.